The van der Waals surface area contributed by atoms with Crippen molar-refractivity contribution in [3.63, 3.8) is 0 Å². The van der Waals surface area contributed by atoms with Crippen LogP contribution in [0.3, 0.4) is 0 Å². The van der Waals surface area contributed by atoms with Gasteiger partial charge in [-0.15, -0.1) is 5.10 Å². The van der Waals surface area contributed by atoms with Crippen LogP contribution in [0.25, 0.3) is 11.4 Å². The molecule has 0 saturated heterocycles. The number of nitriles is 1. The van der Waals surface area contributed by atoms with Crippen LogP contribution >= 0.6 is 0 Å². The largest absolute Gasteiger partial charge is 0.350 e. The van der Waals surface area contributed by atoms with E-state index >= 15 is 0 Å². The van der Waals surface area contributed by atoms with E-state index in [2.05, 4.69) is 26.5 Å². The molecule has 2 aromatic heterocycles. The predicted molar refractivity (Wildman–Crippen MR) is 108 cm³/mol. The minimum Gasteiger partial charge on any atom is -0.350 e. The van der Waals surface area contributed by atoms with E-state index in [1.807, 2.05) is 18.2 Å². The van der Waals surface area contributed by atoms with Crippen molar-refractivity contribution < 1.29 is 4.79 Å². The second-order valence-corrected chi connectivity index (χ2v) is 6.24. The summed E-state index contributed by atoms with van der Waals surface area (Å²) >= 11 is 0. The number of nitrogens with one attached hydrogen (secondary N) is 1. The summed E-state index contributed by atoms with van der Waals surface area (Å²) in [5.74, 6) is 0.463. The third-order valence-corrected chi connectivity index (χ3v) is 4.27. The summed E-state index contributed by atoms with van der Waals surface area (Å²) in [7, 11) is 0. The molecule has 0 spiro atoms. The van der Waals surface area contributed by atoms with Gasteiger partial charge in [-0.1, -0.05) is 30.3 Å². The van der Waals surface area contributed by atoms with Crippen molar-refractivity contribution in [1.29, 1.82) is 5.26 Å². The average molecular weight is 380 g/mol. The number of nitrogens with zero attached hydrogens (tertiary/aromatic N) is 5. The lowest BCUT2D eigenvalue weighted by Crippen LogP contribution is -2.17. The number of rotatable bonds is 5. The highest BCUT2D eigenvalue weighted by Gasteiger charge is 2.18. The number of hydrogen-bond acceptors (Lipinski definition) is 6. The fraction of sp³-hybridized carbons (Fsp3) is 0.0455. The van der Waals surface area contributed by atoms with Gasteiger partial charge in [0.1, 0.15) is 0 Å². The molecule has 2 aromatic carbocycles. The fourth-order valence-electron chi connectivity index (χ4n) is 2.83. The summed E-state index contributed by atoms with van der Waals surface area (Å²) in [6.45, 7) is 0.395. The summed E-state index contributed by atoms with van der Waals surface area (Å²) in [4.78, 5) is 21.5. The molecule has 4 aromatic rings. The van der Waals surface area contributed by atoms with Crippen LogP contribution in [-0.4, -0.2) is 25.7 Å². The number of benzene rings is 2. The lowest BCUT2D eigenvalue weighted by molar-refractivity contribution is 0.0947. The van der Waals surface area contributed by atoms with Crippen molar-refractivity contribution >= 4 is 11.9 Å². The highest BCUT2D eigenvalue weighted by molar-refractivity contribution is 5.97. The first kappa shape index (κ1) is 18.1. The maximum atomic E-state index is 13.0. The standard InChI is InChI=1S/C22H16N6O/c23-14-16-5-4-6-17(13-16)15-25-22-26-20(18-9-11-24-12-10-18)27-28(22)21(29)19-7-2-1-3-8-19/h1-13H,15H2,(H,25,26,27). The number of hydrogen-bond donors (Lipinski definition) is 1. The van der Waals surface area contributed by atoms with Crippen molar-refractivity contribution in [2.45, 2.75) is 6.54 Å². The molecule has 2 heterocycles. The van der Waals surface area contributed by atoms with Crippen LogP contribution < -0.4 is 5.32 Å². The molecule has 1 N–H and O–H groups in total. The van der Waals surface area contributed by atoms with Gasteiger partial charge in [0.05, 0.1) is 11.6 Å². The summed E-state index contributed by atoms with van der Waals surface area (Å²) in [6.07, 6.45) is 3.30. The van der Waals surface area contributed by atoms with Crippen LogP contribution in [0.1, 0.15) is 21.5 Å². The molecule has 0 atom stereocenters. The van der Waals surface area contributed by atoms with Crippen LogP contribution in [0, 0.1) is 11.3 Å². The molecule has 140 valence electrons. The summed E-state index contributed by atoms with van der Waals surface area (Å²) in [6, 6.07) is 21.9. The summed E-state index contributed by atoms with van der Waals surface area (Å²) in [5, 5.41) is 16.7. The van der Waals surface area contributed by atoms with Crippen molar-refractivity contribution in [2.24, 2.45) is 0 Å². The highest BCUT2D eigenvalue weighted by atomic mass is 16.2. The molecule has 29 heavy (non-hydrogen) atoms. The Kier molecular flexibility index (Phi) is 5.08. The summed E-state index contributed by atoms with van der Waals surface area (Å²) in [5.41, 5.74) is 2.74. The maximum absolute atomic E-state index is 13.0. The third-order valence-electron chi connectivity index (χ3n) is 4.27. The molecule has 0 aliphatic carbocycles. The first-order valence-corrected chi connectivity index (χ1v) is 8.95. The third kappa shape index (κ3) is 4.01. The maximum Gasteiger partial charge on any atom is 0.281 e. The molecule has 0 fully saturated rings. The smallest absolute Gasteiger partial charge is 0.281 e. The molecule has 4 rings (SSSR count). The van der Waals surface area contributed by atoms with E-state index in [4.69, 9.17) is 5.26 Å². The Morgan fingerprint density at radius 1 is 1.03 bits per heavy atom. The van der Waals surface area contributed by atoms with Crippen LogP contribution in [0.4, 0.5) is 5.95 Å². The van der Waals surface area contributed by atoms with Crippen molar-refractivity contribution in [2.75, 3.05) is 5.32 Å². The molecular formula is C22H16N6O. The Morgan fingerprint density at radius 3 is 2.59 bits per heavy atom. The quantitative estimate of drug-likeness (QED) is 0.569. The van der Waals surface area contributed by atoms with E-state index in [-0.39, 0.29) is 5.91 Å². The molecule has 0 amide bonds. The van der Waals surface area contributed by atoms with Crippen LogP contribution in [0.5, 0.6) is 0 Å². The Bertz CT molecular complexity index is 1180. The topological polar surface area (TPSA) is 96.5 Å². The number of aromatic nitrogens is 4. The normalized spacial score (nSPS) is 10.3. The highest BCUT2D eigenvalue weighted by Crippen LogP contribution is 2.19. The number of carbonyl (C=O) groups excluding carboxylic acids is 1. The summed E-state index contributed by atoms with van der Waals surface area (Å²) < 4.78 is 1.26. The zero-order chi connectivity index (χ0) is 20.1. The number of pyridine rings is 1. The van der Waals surface area contributed by atoms with Crippen molar-refractivity contribution in [1.82, 2.24) is 19.7 Å². The number of anilines is 1. The Hall–Kier alpha value is -4.31. The van der Waals surface area contributed by atoms with E-state index in [0.717, 1.165) is 11.1 Å². The van der Waals surface area contributed by atoms with E-state index < -0.39 is 0 Å². The number of carbonyl (C=O) groups is 1. The van der Waals surface area contributed by atoms with Crippen LogP contribution in [0.2, 0.25) is 0 Å². The van der Waals surface area contributed by atoms with Gasteiger partial charge in [0.15, 0.2) is 5.82 Å². The van der Waals surface area contributed by atoms with Crippen LogP contribution in [-0.2, 0) is 6.54 Å². The lowest BCUT2D eigenvalue weighted by atomic mass is 10.1. The molecule has 0 radical (unpaired) electrons. The van der Waals surface area contributed by atoms with Gasteiger partial charge in [0.2, 0.25) is 5.95 Å². The first-order valence-electron chi connectivity index (χ1n) is 8.95. The zero-order valence-electron chi connectivity index (χ0n) is 15.4. The molecule has 0 bridgehead atoms. The average Bonchev–Trinajstić information content (AvgIpc) is 3.23. The van der Waals surface area contributed by atoms with Gasteiger partial charge >= 0.3 is 0 Å². The van der Waals surface area contributed by atoms with E-state index in [0.29, 0.717) is 29.4 Å². The molecule has 7 nitrogen and oxygen atoms in total. The van der Waals surface area contributed by atoms with Gasteiger partial charge in [-0.3, -0.25) is 9.78 Å². The minimum absolute atomic E-state index is 0.285. The second kappa shape index (κ2) is 8.15. The zero-order valence-corrected chi connectivity index (χ0v) is 15.4. The molecule has 0 saturated carbocycles. The first-order chi connectivity index (χ1) is 14.2. The SMILES string of the molecule is N#Cc1cccc(CNc2nc(-c3ccncc3)nn2C(=O)c2ccccc2)c1. The van der Waals surface area contributed by atoms with E-state index in [1.165, 1.54) is 4.68 Å². The molecule has 0 aliphatic rings. The van der Waals surface area contributed by atoms with Gasteiger partial charge < -0.3 is 5.32 Å². The molecule has 0 aliphatic heterocycles. The Morgan fingerprint density at radius 2 is 1.83 bits per heavy atom. The monoisotopic (exact) mass is 380 g/mol. The van der Waals surface area contributed by atoms with Gasteiger partial charge in [-0.2, -0.15) is 14.9 Å². The molecule has 7 heteroatoms. The van der Waals surface area contributed by atoms with Gasteiger partial charge in [-0.05, 0) is 42.0 Å². The lowest BCUT2D eigenvalue weighted by Gasteiger charge is -2.07. The van der Waals surface area contributed by atoms with Gasteiger partial charge in [0.25, 0.3) is 5.91 Å². The van der Waals surface area contributed by atoms with Crippen molar-refractivity contribution in [3.05, 3.63) is 95.8 Å². The van der Waals surface area contributed by atoms with E-state index in [9.17, 15) is 4.79 Å². The van der Waals surface area contributed by atoms with Crippen molar-refractivity contribution in [3.8, 4) is 17.5 Å². The molecule has 0 unspecified atom stereocenters. The Balaban J connectivity index is 1.68. The Labute approximate surface area is 167 Å². The minimum atomic E-state index is -0.285. The predicted octanol–water partition coefficient (Wildman–Crippen LogP) is 3.51. The second-order valence-electron chi connectivity index (χ2n) is 6.24. The van der Waals surface area contributed by atoms with Gasteiger partial charge in [-0.25, -0.2) is 0 Å². The van der Waals surface area contributed by atoms with Gasteiger partial charge in [0, 0.05) is 30.1 Å². The molecular weight excluding hydrogens is 364 g/mol. The fourth-order valence-corrected chi connectivity index (χ4v) is 2.83. The van der Waals surface area contributed by atoms with Crippen LogP contribution in [0.15, 0.2) is 79.1 Å². The van der Waals surface area contributed by atoms with E-state index in [1.54, 1.807) is 60.9 Å².